The number of benzene rings is 1. The van der Waals surface area contributed by atoms with Gasteiger partial charge in [0, 0.05) is 11.3 Å². The van der Waals surface area contributed by atoms with Gasteiger partial charge in [0.2, 0.25) is 0 Å². The Hall–Kier alpha value is -0.860. The molecule has 0 aromatic heterocycles. The highest BCUT2D eigenvalue weighted by atomic mass is 15.0. The van der Waals surface area contributed by atoms with Crippen molar-refractivity contribution < 1.29 is 0 Å². The third-order valence-corrected chi connectivity index (χ3v) is 4.84. The van der Waals surface area contributed by atoms with Gasteiger partial charge in [-0.15, -0.1) is 0 Å². The Kier molecular flexibility index (Phi) is 3.04. The van der Waals surface area contributed by atoms with Gasteiger partial charge in [-0.25, -0.2) is 0 Å². The normalized spacial score (nSPS) is 24.6. The molecule has 0 amide bonds. The zero-order valence-corrected chi connectivity index (χ0v) is 11.2. The van der Waals surface area contributed by atoms with E-state index in [4.69, 9.17) is 11.5 Å². The van der Waals surface area contributed by atoms with Crippen LogP contribution in [0.4, 0.5) is 0 Å². The zero-order valence-electron chi connectivity index (χ0n) is 11.2. The van der Waals surface area contributed by atoms with Gasteiger partial charge in [-0.3, -0.25) is 0 Å². The lowest BCUT2D eigenvalue weighted by Crippen LogP contribution is -2.53. The van der Waals surface area contributed by atoms with Crippen LogP contribution in [-0.4, -0.2) is 0 Å². The van der Waals surface area contributed by atoms with Gasteiger partial charge in [-0.2, -0.15) is 0 Å². The predicted octanol–water partition coefficient (Wildman–Crippen LogP) is 2.85. The summed E-state index contributed by atoms with van der Waals surface area (Å²) in [6.07, 6.45) is 3.24. The minimum Gasteiger partial charge on any atom is -0.309 e. The van der Waals surface area contributed by atoms with Gasteiger partial charge in [-0.05, 0) is 30.4 Å². The molecule has 0 heterocycles. The molecule has 2 rings (SSSR count). The molecule has 2 heteroatoms. The topological polar surface area (TPSA) is 52.0 Å². The molecule has 0 saturated heterocycles. The molecule has 1 aliphatic carbocycles. The van der Waals surface area contributed by atoms with Crippen LogP contribution in [0, 0.1) is 5.92 Å². The molecule has 2 nitrogen and oxygen atoms in total. The molecule has 1 aromatic carbocycles. The number of nitrogens with two attached hydrogens (primary N) is 2. The van der Waals surface area contributed by atoms with Crippen molar-refractivity contribution in [1.29, 1.82) is 0 Å². The maximum atomic E-state index is 6.45. The van der Waals surface area contributed by atoms with E-state index in [1.807, 2.05) is 6.07 Å². The van der Waals surface area contributed by atoms with E-state index in [0.717, 1.165) is 24.8 Å². The second-order valence-electron chi connectivity index (χ2n) is 5.30. The molecule has 1 atom stereocenters. The van der Waals surface area contributed by atoms with Crippen LogP contribution < -0.4 is 11.5 Å². The smallest absolute Gasteiger partial charge is 0.0939 e. The molecular formula is C15H24N2. The Morgan fingerprint density at radius 3 is 2.00 bits per heavy atom. The molecule has 0 saturated carbocycles. The molecule has 0 radical (unpaired) electrons. The lowest BCUT2D eigenvalue weighted by molar-refractivity contribution is 0.170. The average molecular weight is 232 g/mol. The molecular weight excluding hydrogens is 208 g/mol. The summed E-state index contributed by atoms with van der Waals surface area (Å²) >= 11 is 0. The van der Waals surface area contributed by atoms with Crippen LogP contribution >= 0.6 is 0 Å². The summed E-state index contributed by atoms with van der Waals surface area (Å²) in [5, 5.41) is 0. The Bertz CT molecular complexity index is 405. The van der Waals surface area contributed by atoms with Crippen LogP contribution in [0.5, 0.6) is 0 Å². The van der Waals surface area contributed by atoms with Gasteiger partial charge < -0.3 is 11.5 Å². The van der Waals surface area contributed by atoms with E-state index in [2.05, 4.69) is 39.0 Å². The van der Waals surface area contributed by atoms with Crippen molar-refractivity contribution >= 4 is 0 Å². The highest BCUT2D eigenvalue weighted by molar-refractivity contribution is 5.46. The molecule has 4 N–H and O–H groups in total. The van der Waals surface area contributed by atoms with Crippen LogP contribution in [0.1, 0.15) is 51.2 Å². The first-order chi connectivity index (χ1) is 8.04. The summed E-state index contributed by atoms with van der Waals surface area (Å²) in [6.45, 7) is 6.71. The summed E-state index contributed by atoms with van der Waals surface area (Å²) in [4.78, 5) is 0. The van der Waals surface area contributed by atoms with Crippen molar-refractivity contribution in [3.63, 3.8) is 0 Å². The Morgan fingerprint density at radius 2 is 1.53 bits per heavy atom. The van der Waals surface area contributed by atoms with Crippen LogP contribution in [0.2, 0.25) is 0 Å². The Balaban J connectivity index is 2.68. The van der Waals surface area contributed by atoms with Crippen molar-refractivity contribution in [1.82, 2.24) is 0 Å². The maximum Gasteiger partial charge on any atom is 0.0939 e. The van der Waals surface area contributed by atoms with Crippen LogP contribution in [-0.2, 0) is 11.1 Å². The second-order valence-corrected chi connectivity index (χ2v) is 5.30. The van der Waals surface area contributed by atoms with Crippen molar-refractivity contribution in [2.24, 2.45) is 17.4 Å². The fraction of sp³-hybridized carbons (Fsp3) is 0.600. The minimum absolute atomic E-state index is 0.162. The number of hydrogen-bond acceptors (Lipinski definition) is 2. The molecule has 1 unspecified atom stereocenters. The van der Waals surface area contributed by atoms with Gasteiger partial charge >= 0.3 is 0 Å². The van der Waals surface area contributed by atoms with Gasteiger partial charge in [0.05, 0.1) is 5.66 Å². The van der Waals surface area contributed by atoms with Crippen LogP contribution in [0.25, 0.3) is 0 Å². The van der Waals surface area contributed by atoms with Crippen LogP contribution in [0.15, 0.2) is 24.3 Å². The fourth-order valence-electron chi connectivity index (χ4n) is 3.98. The first-order valence-electron chi connectivity index (χ1n) is 6.72. The van der Waals surface area contributed by atoms with Crippen LogP contribution in [0.3, 0.4) is 0 Å². The van der Waals surface area contributed by atoms with Gasteiger partial charge in [0.15, 0.2) is 0 Å². The van der Waals surface area contributed by atoms with E-state index in [-0.39, 0.29) is 5.41 Å². The standard InChI is InChI=1S/C15H24N2/c1-4-13-14(5-2,6-3)11-9-7-8-10-12(11)15(13,16)17/h7-10,13H,4-6,16-17H2,1-3H3. The highest BCUT2D eigenvalue weighted by Crippen LogP contribution is 2.54. The molecule has 0 bridgehead atoms. The van der Waals surface area contributed by atoms with Crippen molar-refractivity contribution in [2.75, 3.05) is 0 Å². The van der Waals surface area contributed by atoms with Crippen molar-refractivity contribution in [2.45, 2.75) is 51.1 Å². The van der Waals surface area contributed by atoms with E-state index in [0.29, 0.717) is 5.92 Å². The number of hydrogen-bond donors (Lipinski definition) is 2. The lowest BCUT2D eigenvalue weighted by atomic mass is 9.68. The Labute approximate surface area is 104 Å². The first-order valence-corrected chi connectivity index (χ1v) is 6.72. The van der Waals surface area contributed by atoms with Gasteiger partial charge in [-0.1, -0.05) is 45.0 Å². The van der Waals surface area contributed by atoms with E-state index < -0.39 is 5.66 Å². The molecule has 0 spiro atoms. The summed E-state index contributed by atoms with van der Waals surface area (Å²) in [6, 6.07) is 8.46. The Morgan fingerprint density at radius 1 is 1.00 bits per heavy atom. The van der Waals surface area contributed by atoms with E-state index in [9.17, 15) is 0 Å². The highest BCUT2D eigenvalue weighted by Gasteiger charge is 2.53. The van der Waals surface area contributed by atoms with E-state index >= 15 is 0 Å². The summed E-state index contributed by atoms with van der Waals surface area (Å²) < 4.78 is 0. The lowest BCUT2D eigenvalue weighted by Gasteiger charge is -2.39. The molecule has 1 aliphatic rings. The van der Waals surface area contributed by atoms with Crippen molar-refractivity contribution in [3.8, 4) is 0 Å². The first kappa shape index (κ1) is 12.6. The van der Waals surface area contributed by atoms with Crippen molar-refractivity contribution in [3.05, 3.63) is 35.4 Å². The number of fused-ring (bicyclic) bond motifs is 1. The fourth-order valence-corrected chi connectivity index (χ4v) is 3.98. The molecule has 0 fully saturated rings. The molecule has 1 aromatic rings. The largest absolute Gasteiger partial charge is 0.309 e. The molecule has 0 aliphatic heterocycles. The third-order valence-electron chi connectivity index (χ3n) is 4.84. The monoisotopic (exact) mass is 232 g/mol. The third kappa shape index (κ3) is 1.47. The average Bonchev–Trinajstić information content (AvgIpc) is 2.54. The summed E-state index contributed by atoms with van der Waals surface area (Å²) in [5.74, 6) is 0.336. The summed E-state index contributed by atoms with van der Waals surface area (Å²) in [7, 11) is 0. The van der Waals surface area contributed by atoms with E-state index in [1.165, 1.54) is 5.56 Å². The molecule has 94 valence electrons. The number of rotatable bonds is 3. The van der Waals surface area contributed by atoms with E-state index in [1.54, 1.807) is 0 Å². The minimum atomic E-state index is -0.669. The van der Waals surface area contributed by atoms with Gasteiger partial charge in [0.25, 0.3) is 0 Å². The predicted molar refractivity (Wildman–Crippen MR) is 72.5 cm³/mol. The maximum absolute atomic E-state index is 6.45. The molecule has 17 heavy (non-hydrogen) atoms. The second kappa shape index (κ2) is 4.11. The van der Waals surface area contributed by atoms with Gasteiger partial charge in [0.1, 0.15) is 0 Å². The summed E-state index contributed by atoms with van der Waals surface area (Å²) in [5.41, 5.74) is 14.9. The zero-order chi connectivity index (χ0) is 12.7. The quantitative estimate of drug-likeness (QED) is 0.787. The SMILES string of the molecule is CCC1C(N)(N)c2ccccc2C1(CC)CC.